The van der Waals surface area contributed by atoms with Gasteiger partial charge in [-0.15, -0.1) is 0 Å². The smallest absolute Gasteiger partial charge is 0.410 e. The number of rotatable bonds is 1. The second-order valence-corrected chi connectivity index (χ2v) is 6.23. The lowest BCUT2D eigenvalue weighted by Crippen LogP contribution is -2.44. The molecular formula is C17H23NO2. The minimum absolute atomic E-state index is 0.193. The molecule has 3 heteroatoms. The van der Waals surface area contributed by atoms with Gasteiger partial charge in [-0.2, -0.15) is 0 Å². The molecule has 2 aliphatic rings. The number of amides is 1. The van der Waals surface area contributed by atoms with E-state index in [9.17, 15) is 4.79 Å². The van der Waals surface area contributed by atoms with Crippen molar-refractivity contribution in [2.24, 2.45) is 5.41 Å². The summed E-state index contributed by atoms with van der Waals surface area (Å²) in [4.78, 5) is 14.0. The number of ether oxygens (including phenoxy) is 1. The number of hydrogen-bond donors (Lipinski definition) is 0. The van der Waals surface area contributed by atoms with Crippen molar-refractivity contribution < 1.29 is 9.53 Å². The minimum Gasteiger partial charge on any atom is -0.410 e. The summed E-state index contributed by atoms with van der Waals surface area (Å²) < 4.78 is 5.42. The second-order valence-electron chi connectivity index (χ2n) is 6.23. The molecule has 1 aliphatic carbocycles. The molecule has 0 radical (unpaired) electrons. The first-order chi connectivity index (χ1) is 9.77. The molecule has 3 nitrogen and oxygen atoms in total. The Morgan fingerprint density at radius 1 is 0.950 bits per heavy atom. The van der Waals surface area contributed by atoms with E-state index in [1.807, 2.05) is 35.2 Å². The molecule has 108 valence electrons. The Morgan fingerprint density at radius 3 is 2.25 bits per heavy atom. The van der Waals surface area contributed by atoms with E-state index >= 15 is 0 Å². The molecule has 1 aromatic rings. The van der Waals surface area contributed by atoms with Gasteiger partial charge in [0, 0.05) is 13.1 Å². The Balaban J connectivity index is 1.54. The number of likely N-dealkylation sites (tertiary alicyclic amines) is 1. The van der Waals surface area contributed by atoms with E-state index in [0.717, 1.165) is 25.9 Å². The van der Waals surface area contributed by atoms with Crippen LogP contribution in [0, 0.1) is 5.41 Å². The van der Waals surface area contributed by atoms with Crippen LogP contribution in [0.25, 0.3) is 0 Å². The topological polar surface area (TPSA) is 29.5 Å². The maximum absolute atomic E-state index is 12.1. The van der Waals surface area contributed by atoms with Crippen molar-refractivity contribution in [1.82, 2.24) is 4.90 Å². The van der Waals surface area contributed by atoms with Crippen LogP contribution < -0.4 is 4.74 Å². The van der Waals surface area contributed by atoms with Crippen LogP contribution in [0.15, 0.2) is 30.3 Å². The highest BCUT2D eigenvalue weighted by Gasteiger charge is 2.37. The number of hydrogen-bond acceptors (Lipinski definition) is 2. The molecule has 0 atom stereocenters. The monoisotopic (exact) mass is 273 g/mol. The Bertz CT molecular complexity index is 441. The van der Waals surface area contributed by atoms with Gasteiger partial charge in [0.05, 0.1) is 0 Å². The van der Waals surface area contributed by atoms with E-state index in [-0.39, 0.29) is 6.09 Å². The lowest BCUT2D eigenvalue weighted by atomic mass is 9.68. The van der Waals surface area contributed by atoms with Crippen molar-refractivity contribution in [3.8, 4) is 5.75 Å². The largest absolute Gasteiger partial charge is 0.415 e. The summed E-state index contributed by atoms with van der Waals surface area (Å²) in [5.74, 6) is 0.635. The van der Waals surface area contributed by atoms with E-state index in [2.05, 4.69) is 0 Å². The number of nitrogens with zero attached hydrogens (tertiary/aromatic N) is 1. The molecule has 0 aromatic heterocycles. The molecule has 0 N–H and O–H groups in total. The zero-order valence-electron chi connectivity index (χ0n) is 12.0. The van der Waals surface area contributed by atoms with E-state index in [0.29, 0.717) is 11.2 Å². The van der Waals surface area contributed by atoms with Gasteiger partial charge in [-0.1, -0.05) is 37.5 Å². The Hall–Kier alpha value is -1.51. The molecule has 20 heavy (non-hydrogen) atoms. The second kappa shape index (κ2) is 5.86. The van der Waals surface area contributed by atoms with Crippen molar-refractivity contribution >= 4 is 6.09 Å². The highest BCUT2D eigenvalue weighted by molar-refractivity contribution is 5.70. The third-order valence-electron chi connectivity index (χ3n) is 4.94. The fourth-order valence-electron chi connectivity index (χ4n) is 3.62. The SMILES string of the molecule is O=C(Oc1ccccc1)N1CCC2(CCCCC2)CC1. The quantitative estimate of drug-likeness (QED) is 0.766. The van der Waals surface area contributed by atoms with Gasteiger partial charge in [-0.05, 0) is 43.2 Å². The molecular weight excluding hydrogens is 250 g/mol. The van der Waals surface area contributed by atoms with Crippen LogP contribution in [-0.2, 0) is 0 Å². The normalized spacial score (nSPS) is 21.7. The van der Waals surface area contributed by atoms with Crippen molar-refractivity contribution in [3.05, 3.63) is 30.3 Å². The molecule has 2 fully saturated rings. The number of benzene rings is 1. The Kier molecular flexibility index (Phi) is 3.95. The van der Waals surface area contributed by atoms with Gasteiger partial charge >= 0.3 is 6.09 Å². The van der Waals surface area contributed by atoms with Gasteiger partial charge < -0.3 is 9.64 Å². The lowest BCUT2D eigenvalue weighted by Gasteiger charge is -2.43. The highest BCUT2D eigenvalue weighted by Crippen LogP contribution is 2.44. The van der Waals surface area contributed by atoms with Crippen LogP contribution in [0.3, 0.4) is 0 Å². The van der Waals surface area contributed by atoms with Gasteiger partial charge in [0.25, 0.3) is 0 Å². The summed E-state index contributed by atoms with van der Waals surface area (Å²) in [7, 11) is 0. The van der Waals surface area contributed by atoms with Gasteiger partial charge in [-0.3, -0.25) is 0 Å². The molecule has 1 aliphatic heterocycles. The fourth-order valence-corrected chi connectivity index (χ4v) is 3.62. The van der Waals surface area contributed by atoms with Gasteiger partial charge in [0.15, 0.2) is 0 Å². The molecule has 0 bridgehead atoms. The maximum atomic E-state index is 12.1. The van der Waals surface area contributed by atoms with Gasteiger partial charge in [-0.25, -0.2) is 4.79 Å². The molecule has 1 aromatic carbocycles. The van der Waals surface area contributed by atoms with Crippen molar-refractivity contribution in [2.45, 2.75) is 44.9 Å². The van der Waals surface area contributed by atoms with Crippen LogP contribution in [0.1, 0.15) is 44.9 Å². The molecule has 1 heterocycles. The minimum atomic E-state index is -0.193. The first-order valence-electron chi connectivity index (χ1n) is 7.79. The average Bonchev–Trinajstić information content (AvgIpc) is 2.50. The zero-order valence-corrected chi connectivity index (χ0v) is 12.0. The number of carbonyl (C=O) groups excluding carboxylic acids is 1. The standard InChI is InChI=1S/C17H23NO2/c19-16(20-15-7-3-1-4-8-15)18-13-11-17(12-14-18)9-5-2-6-10-17/h1,3-4,7-8H,2,5-6,9-14H2. The van der Waals surface area contributed by atoms with E-state index in [4.69, 9.17) is 4.74 Å². The van der Waals surface area contributed by atoms with Crippen molar-refractivity contribution in [2.75, 3.05) is 13.1 Å². The number of piperidine rings is 1. The average molecular weight is 273 g/mol. The lowest BCUT2D eigenvalue weighted by molar-refractivity contribution is 0.0674. The maximum Gasteiger partial charge on any atom is 0.415 e. The predicted octanol–water partition coefficient (Wildman–Crippen LogP) is 4.23. The summed E-state index contributed by atoms with van der Waals surface area (Å²) in [5.41, 5.74) is 0.530. The first-order valence-corrected chi connectivity index (χ1v) is 7.79. The summed E-state index contributed by atoms with van der Waals surface area (Å²) in [6.45, 7) is 1.71. The Morgan fingerprint density at radius 2 is 1.60 bits per heavy atom. The van der Waals surface area contributed by atoms with Crippen molar-refractivity contribution in [3.63, 3.8) is 0 Å². The molecule has 3 rings (SSSR count). The number of para-hydroxylation sites is 1. The highest BCUT2D eigenvalue weighted by atomic mass is 16.6. The molecule has 0 unspecified atom stereocenters. The van der Waals surface area contributed by atoms with E-state index in [1.165, 1.54) is 32.1 Å². The summed E-state index contributed by atoms with van der Waals surface area (Å²) in [5, 5.41) is 0. The third-order valence-corrected chi connectivity index (χ3v) is 4.94. The van der Waals surface area contributed by atoms with Crippen LogP contribution in [0.2, 0.25) is 0 Å². The van der Waals surface area contributed by atoms with Crippen LogP contribution >= 0.6 is 0 Å². The summed E-state index contributed by atoms with van der Waals surface area (Å²) in [6, 6.07) is 9.34. The summed E-state index contributed by atoms with van der Waals surface area (Å²) in [6.07, 6.45) is 8.95. The van der Waals surface area contributed by atoms with E-state index in [1.54, 1.807) is 0 Å². The third kappa shape index (κ3) is 2.97. The van der Waals surface area contributed by atoms with Crippen molar-refractivity contribution in [1.29, 1.82) is 0 Å². The molecule has 1 spiro atoms. The Labute approximate surface area is 120 Å². The zero-order chi connectivity index (χ0) is 13.8. The number of carbonyl (C=O) groups is 1. The van der Waals surface area contributed by atoms with Gasteiger partial charge in [0.2, 0.25) is 0 Å². The van der Waals surface area contributed by atoms with Crippen LogP contribution in [-0.4, -0.2) is 24.1 Å². The van der Waals surface area contributed by atoms with Crippen LogP contribution in [0.5, 0.6) is 5.75 Å². The summed E-state index contributed by atoms with van der Waals surface area (Å²) >= 11 is 0. The fraction of sp³-hybridized carbons (Fsp3) is 0.588. The van der Waals surface area contributed by atoms with E-state index < -0.39 is 0 Å². The molecule has 1 amide bonds. The molecule has 1 saturated heterocycles. The van der Waals surface area contributed by atoms with Gasteiger partial charge in [0.1, 0.15) is 5.75 Å². The van der Waals surface area contributed by atoms with Crippen LogP contribution in [0.4, 0.5) is 4.79 Å². The predicted molar refractivity (Wildman–Crippen MR) is 78.8 cm³/mol. The first kappa shape index (κ1) is 13.5. The molecule has 1 saturated carbocycles.